The van der Waals surface area contributed by atoms with Crippen molar-refractivity contribution < 1.29 is 21.4 Å². The lowest BCUT2D eigenvalue weighted by atomic mass is 10.3. The van der Waals surface area contributed by atoms with Crippen LogP contribution in [0.2, 0.25) is 0 Å². The van der Waals surface area contributed by atoms with Gasteiger partial charge < -0.3 is 22.9 Å². The first-order valence-electron chi connectivity index (χ1n) is 6.01. The van der Waals surface area contributed by atoms with Crippen molar-refractivity contribution in [1.29, 1.82) is 0 Å². The normalized spacial score (nSPS) is 12.2. The average Bonchev–Trinajstić information content (AvgIpc) is 2.43. The summed E-state index contributed by atoms with van der Waals surface area (Å²) in [6, 6.07) is 5.35. The van der Waals surface area contributed by atoms with Crippen LogP contribution in [-0.4, -0.2) is 21.4 Å². The van der Waals surface area contributed by atoms with Crippen LogP contribution in [0.3, 0.4) is 0 Å². The summed E-state index contributed by atoms with van der Waals surface area (Å²) in [7, 11) is -8.90. The Balaban J connectivity index is 2.74. The molecule has 0 aliphatic carbocycles. The van der Waals surface area contributed by atoms with Gasteiger partial charge in [-0.3, -0.25) is 4.55 Å². The minimum absolute atomic E-state index is 0.0458. The standard InChI is InChI=1S/C12H14N4O5S2/c13-8-2-1-6(3-9(8)14)22(17,18)7-4-10(15)12(16)11(5-7)23(19,20)21/h1-5H,13-16H2,(H,19,20,21). The summed E-state index contributed by atoms with van der Waals surface area (Å²) in [6.45, 7) is 0. The Morgan fingerprint density at radius 2 is 1.30 bits per heavy atom. The summed E-state index contributed by atoms with van der Waals surface area (Å²) in [5, 5.41) is 0. The highest BCUT2D eigenvalue weighted by Gasteiger charge is 2.24. The minimum Gasteiger partial charge on any atom is -0.397 e. The van der Waals surface area contributed by atoms with E-state index in [-0.39, 0.29) is 22.0 Å². The van der Waals surface area contributed by atoms with Gasteiger partial charge in [-0.15, -0.1) is 0 Å². The Labute approximate surface area is 132 Å². The molecular weight excluding hydrogens is 344 g/mol. The third-order valence-electron chi connectivity index (χ3n) is 3.10. The number of hydrogen-bond acceptors (Lipinski definition) is 8. The highest BCUT2D eigenvalue weighted by Crippen LogP contribution is 2.32. The van der Waals surface area contributed by atoms with E-state index in [4.69, 9.17) is 27.5 Å². The number of anilines is 4. The van der Waals surface area contributed by atoms with Crippen LogP contribution in [0.5, 0.6) is 0 Å². The lowest BCUT2D eigenvalue weighted by molar-refractivity contribution is 0.483. The van der Waals surface area contributed by atoms with Gasteiger partial charge in [0.05, 0.1) is 32.5 Å². The predicted octanol–water partition coefficient (Wildman–Crippen LogP) is 0.0949. The molecule has 0 aliphatic heterocycles. The molecule has 0 saturated carbocycles. The molecule has 0 saturated heterocycles. The Morgan fingerprint density at radius 1 is 0.739 bits per heavy atom. The molecule has 2 aromatic rings. The van der Waals surface area contributed by atoms with E-state index < -0.39 is 35.4 Å². The zero-order chi connectivity index (χ0) is 17.6. The summed E-state index contributed by atoms with van der Waals surface area (Å²) in [4.78, 5) is -1.46. The summed E-state index contributed by atoms with van der Waals surface area (Å²) in [5.74, 6) is 0. The van der Waals surface area contributed by atoms with Gasteiger partial charge in [0, 0.05) is 0 Å². The van der Waals surface area contributed by atoms with Crippen molar-refractivity contribution in [3.8, 4) is 0 Å². The van der Waals surface area contributed by atoms with Crippen LogP contribution in [0, 0.1) is 0 Å². The van der Waals surface area contributed by atoms with Crippen molar-refractivity contribution >= 4 is 42.7 Å². The average molecular weight is 358 g/mol. The Kier molecular flexibility index (Phi) is 3.88. The lowest BCUT2D eigenvalue weighted by Crippen LogP contribution is -2.10. The van der Waals surface area contributed by atoms with E-state index in [9.17, 15) is 16.8 Å². The van der Waals surface area contributed by atoms with Crippen LogP contribution in [-0.2, 0) is 20.0 Å². The zero-order valence-corrected chi connectivity index (χ0v) is 13.2. The molecule has 124 valence electrons. The van der Waals surface area contributed by atoms with E-state index in [0.29, 0.717) is 0 Å². The van der Waals surface area contributed by atoms with Gasteiger partial charge in [0.15, 0.2) is 0 Å². The molecule has 0 amide bonds. The van der Waals surface area contributed by atoms with Crippen LogP contribution < -0.4 is 22.9 Å². The van der Waals surface area contributed by atoms with E-state index in [0.717, 1.165) is 18.2 Å². The van der Waals surface area contributed by atoms with Gasteiger partial charge in [-0.1, -0.05) is 0 Å². The fourth-order valence-electron chi connectivity index (χ4n) is 1.85. The molecular formula is C12H14N4O5S2. The van der Waals surface area contributed by atoms with Gasteiger partial charge in [0.25, 0.3) is 10.1 Å². The maximum absolute atomic E-state index is 12.6. The van der Waals surface area contributed by atoms with Gasteiger partial charge >= 0.3 is 0 Å². The number of rotatable bonds is 3. The molecule has 0 unspecified atom stereocenters. The molecule has 9 nitrogen and oxygen atoms in total. The van der Waals surface area contributed by atoms with Crippen LogP contribution >= 0.6 is 0 Å². The first kappa shape index (κ1) is 16.9. The molecule has 2 rings (SSSR count). The van der Waals surface area contributed by atoms with Gasteiger partial charge in [-0.25, -0.2) is 8.42 Å². The molecule has 0 aromatic heterocycles. The Hall–Kier alpha value is -2.50. The maximum atomic E-state index is 12.6. The third-order valence-corrected chi connectivity index (χ3v) is 5.73. The quantitative estimate of drug-likeness (QED) is 0.373. The summed E-state index contributed by atoms with van der Waals surface area (Å²) >= 11 is 0. The van der Waals surface area contributed by atoms with E-state index in [1.165, 1.54) is 12.1 Å². The summed E-state index contributed by atoms with van der Waals surface area (Å²) in [6.07, 6.45) is 0. The van der Waals surface area contributed by atoms with Crippen molar-refractivity contribution in [2.75, 3.05) is 22.9 Å². The number of sulfone groups is 1. The Bertz CT molecular complexity index is 1000. The molecule has 23 heavy (non-hydrogen) atoms. The van der Waals surface area contributed by atoms with Gasteiger partial charge in [-0.2, -0.15) is 8.42 Å². The molecule has 0 atom stereocenters. The SMILES string of the molecule is Nc1ccc(S(=O)(=O)c2cc(N)c(N)c(S(=O)(=O)O)c2)cc1N. The molecule has 0 spiro atoms. The maximum Gasteiger partial charge on any atom is 0.296 e. The monoisotopic (exact) mass is 358 g/mol. The molecule has 0 heterocycles. The Morgan fingerprint density at radius 3 is 1.83 bits per heavy atom. The topological polar surface area (TPSA) is 193 Å². The van der Waals surface area contributed by atoms with Crippen molar-refractivity contribution in [1.82, 2.24) is 0 Å². The number of nitrogen functional groups attached to an aromatic ring is 4. The molecule has 0 aliphatic rings. The van der Waals surface area contributed by atoms with E-state index >= 15 is 0 Å². The first-order valence-corrected chi connectivity index (χ1v) is 8.93. The van der Waals surface area contributed by atoms with Crippen LogP contribution in [0.1, 0.15) is 0 Å². The number of benzene rings is 2. The lowest BCUT2D eigenvalue weighted by Gasteiger charge is -2.11. The number of hydrogen-bond donors (Lipinski definition) is 5. The molecule has 11 heteroatoms. The van der Waals surface area contributed by atoms with Crippen LogP contribution in [0.15, 0.2) is 45.0 Å². The summed E-state index contributed by atoms with van der Waals surface area (Å²) in [5.41, 5.74) is 21.6. The van der Waals surface area contributed by atoms with Gasteiger partial charge in [0.2, 0.25) is 9.84 Å². The van der Waals surface area contributed by atoms with Gasteiger partial charge in [0.1, 0.15) is 4.90 Å². The molecule has 0 bridgehead atoms. The zero-order valence-electron chi connectivity index (χ0n) is 11.6. The first-order chi connectivity index (χ1) is 10.4. The second-order valence-electron chi connectivity index (χ2n) is 4.69. The van der Waals surface area contributed by atoms with Crippen molar-refractivity contribution in [2.45, 2.75) is 14.7 Å². The van der Waals surface area contributed by atoms with Crippen LogP contribution in [0.25, 0.3) is 0 Å². The second-order valence-corrected chi connectivity index (χ2v) is 8.03. The van der Waals surface area contributed by atoms with Crippen LogP contribution in [0.4, 0.5) is 22.7 Å². The highest BCUT2D eigenvalue weighted by molar-refractivity contribution is 7.91. The highest BCUT2D eigenvalue weighted by atomic mass is 32.2. The third kappa shape index (κ3) is 3.02. The fraction of sp³-hybridized carbons (Fsp3) is 0. The largest absolute Gasteiger partial charge is 0.397 e. The molecule has 2 aromatic carbocycles. The number of nitrogens with two attached hydrogens (primary N) is 4. The second kappa shape index (κ2) is 5.30. The fourth-order valence-corrected chi connectivity index (χ4v) is 3.95. The minimum atomic E-state index is -4.75. The predicted molar refractivity (Wildman–Crippen MR) is 85.8 cm³/mol. The summed E-state index contributed by atoms with van der Waals surface area (Å²) < 4.78 is 56.9. The van der Waals surface area contributed by atoms with E-state index in [1.54, 1.807) is 0 Å². The molecule has 0 fully saturated rings. The molecule has 0 radical (unpaired) electrons. The van der Waals surface area contributed by atoms with Crippen molar-refractivity contribution in [3.63, 3.8) is 0 Å². The van der Waals surface area contributed by atoms with Crippen molar-refractivity contribution in [3.05, 3.63) is 30.3 Å². The van der Waals surface area contributed by atoms with E-state index in [2.05, 4.69) is 0 Å². The molecule has 9 N–H and O–H groups in total. The smallest absolute Gasteiger partial charge is 0.296 e. The van der Waals surface area contributed by atoms with E-state index in [1.807, 2.05) is 0 Å². The van der Waals surface area contributed by atoms with Crippen molar-refractivity contribution in [2.24, 2.45) is 0 Å². The van der Waals surface area contributed by atoms with Gasteiger partial charge in [-0.05, 0) is 30.3 Å².